The first-order chi connectivity index (χ1) is 19.6. The zero-order chi connectivity index (χ0) is 28.9. The Hall–Kier alpha value is -3.94. The fourth-order valence-electron chi connectivity index (χ4n) is 6.77. The summed E-state index contributed by atoms with van der Waals surface area (Å²) in [4.78, 5) is 47.2. The summed E-state index contributed by atoms with van der Waals surface area (Å²) in [5.41, 5.74) is 5.90. The Morgan fingerprint density at radius 3 is 2.61 bits per heavy atom. The molecule has 6 rings (SSSR count). The zero-order valence-electron chi connectivity index (χ0n) is 24.4. The number of amides is 2. The molecule has 0 spiro atoms. The predicted octanol–water partition coefficient (Wildman–Crippen LogP) is 5.06. The largest absolute Gasteiger partial charge is 0.343 e. The summed E-state index contributed by atoms with van der Waals surface area (Å²) in [6.45, 7) is 10.8. The minimum Gasteiger partial charge on any atom is -0.343 e. The van der Waals surface area contributed by atoms with Crippen LogP contribution in [0.1, 0.15) is 68.2 Å². The van der Waals surface area contributed by atoms with Crippen LogP contribution >= 0.6 is 0 Å². The number of piperidine rings is 1. The van der Waals surface area contributed by atoms with E-state index in [1.165, 1.54) is 0 Å². The normalized spacial score (nSPS) is 18.6. The minimum absolute atomic E-state index is 0.0227. The molecule has 0 radical (unpaired) electrons. The van der Waals surface area contributed by atoms with Crippen LogP contribution < -0.4 is 5.56 Å². The number of aromatic nitrogens is 3. The molecule has 41 heavy (non-hydrogen) atoms. The third-order valence-corrected chi connectivity index (χ3v) is 8.77. The number of carbonyl (C=O) groups is 2. The number of fused-ring (bicyclic) bond motifs is 4. The Kier molecular flexibility index (Phi) is 6.96. The molecule has 1 saturated heterocycles. The van der Waals surface area contributed by atoms with Gasteiger partial charge < -0.3 is 14.8 Å². The van der Waals surface area contributed by atoms with Crippen LogP contribution in [-0.2, 0) is 22.6 Å². The van der Waals surface area contributed by atoms with Gasteiger partial charge in [0, 0.05) is 49.1 Å². The number of aryl methyl sites for hydroxylation is 1. The van der Waals surface area contributed by atoms with Crippen molar-refractivity contribution < 1.29 is 9.59 Å². The fraction of sp³-hybridized carbons (Fsp3) is 0.455. The number of rotatable bonds is 4. The van der Waals surface area contributed by atoms with Gasteiger partial charge in [0.1, 0.15) is 0 Å². The topological polar surface area (TPSA) is 102 Å². The van der Waals surface area contributed by atoms with Gasteiger partial charge in [-0.25, -0.2) is 0 Å². The van der Waals surface area contributed by atoms with Crippen LogP contribution in [0.5, 0.6) is 0 Å². The molecule has 2 aromatic heterocycles. The lowest BCUT2D eigenvalue weighted by Gasteiger charge is -2.34. The van der Waals surface area contributed by atoms with Gasteiger partial charge >= 0.3 is 0 Å². The van der Waals surface area contributed by atoms with Crippen molar-refractivity contribution in [3.8, 4) is 0 Å². The van der Waals surface area contributed by atoms with E-state index in [1.807, 2.05) is 46.3 Å². The third-order valence-electron chi connectivity index (χ3n) is 8.77. The van der Waals surface area contributed by atoms with Crippen LogP contribution in [0.2, 0.25) is 0 Å². The molecule has 2 aromatic carbocycles. The highest BCUT2D eigenvalue weighted by Gasteiger charge is 2.36. The van der Waals surface area contributed by atoms with Gasteiger partial charge in [-0.1, -0.05) is 45.0 Å². The highest BCUT2D eigenvalue weighted by molar-refractivity contribution is 5.90. The maximum absolute atomic E-state index is 13.9. The maximum atomic E-state index is 13.9. The van der Waals surface area contributed by atoms with Gasteiger partial charge in [-0.2, -0.15) is 5.10 Å². The number of para-hydroxylation sites is 1. The van der Waals surface area contributed by atoms with Crippen molar-refractivity contribution in [2.75, 3.05) is 19.6 Å². The number of hydrogen-bond donors (Lipinski definition) is 2. The van der Waals surface area contributed by atoms with Crippen molar-refractivity contribution in [2.45, 2.75) is 65.8 Å². The third kappa shape index (κ3) is 5.39. The molecule has 0 bridgehead atoms. The van der Waals surface area contributed by atoms with E-state index in [2.05, 4.69) is 48.9 Å². The minimum atomic E-state index is -0.407. The van der Waals surface area contributed by atoms with Crippen molar-refractivity contribution in [3.05, 3.63) is 75.2 Å². The molecular weight excluding hydrogens is 514 g/mol. The van der Waals surface area contributed by atoms with Gasteiger partial charge in [-0.15, -0.1) is 0 Å². The molecule has 2 N–H and O–H groups in total. The summed E-state index contributed by atoms with van der Waals surface area (Å²) in [5.74, 6) is -0.219. The summed E-state index contributed by atoms with van der Waals surface area (Å²) in [6.07, 6.45) is 4.08. The number of nitrogens with one attached hydrogen (secondary N) is 2. The first-order valence-electron chi connectivity index (χ1n) is 14.7. The monoisotopic (exact) mass is 553 g/mol. The second kappa shape index (κ2) is 10.5. The van der Waals surface area contributed by atoms with Crippen molar-refractivity contribution >= 4 is 33.6 Å². The number of benzene rings is 2. The molecule has 2 aliphatic rings. The first kappa shape index (κ1) is 27.2. The van der Waals surface area contributed by atoms with Crippen LogP contribution in [0.25, 0.3) is 21.8 Å². The Labute approximate surface area is 240 Å². The van der Waals surface area contributed by atoms with Crippen molar-refractivity contribution in [1.29, 1.82) is 0 Å². The molecule has 2 aliphatic heterocycles. The number of nitrogens with zero attached hydrogens (tertiary/aromatic N) is 3. The summed E-state index contributed by atoms with van der Waals surface area (Å²) in [5, 5.41) is 9.48. The number of H-pyrrole nitrogens is 2. The molecule has 214 valence electrons. The van der Waals surface area contributed by atoms with Gasteiger partial charge in [-0.05, 0) is 71.7 Å². The van der Waals surface area contributed by atoms with E-state index >= 15 is 0 Å². The van der Waals surface area contributed by atoms with E-state index in [0.29, 0.717) is 32.6 Å². The molecule has 8 nitrogen and oxygen atoms in total. The van der Waals surface area contributed by atoms with E-state index in [9.17, 15) is 14.4 Å². The SMILES string of the molecule is Cc1cc2c(c3cn[nH]c13)CN(CC(C)(C)C)C(=O)[C@H](CC(=O)N1CCC(c3cc4ccccc4[nH]c3=O)CC1)C2. The Balaban J connectivity index is 1.20. The van der Waals surface area contributed by atoms with Crippen molar-refractivity contribution in [3.63, 3.8) is 0 Å². The van der Waals surface area contributed by atoms with E-state index < -0.39 is 5.92 Å². The molecule has 0 aliphatic carbocycles. The van der Waals surface area contributed by atoms with Gasteiger partial charge in [0.15, 0.2) is 0 Å². The molecule has 1 fully saturated rings. The first-order valence-corrected chi connectivity index (χ1v) is 14.7. The second-order valence-electron chi connectivity index (χ2n) is 13.1. The molecule has 4 heterocycles. The molecule has 2 amide bonds. The van der Waals surface area contributed by atoms with Crippen molar-refractivity contribution in [1.82, 2.24) is 25.0 Å². The lowest BCUT2D eigenvalue weighted by atomic mass is 9.88. The van der Waals surface area contributed by atoms with Gasteiger partial charge in [-0.3, -0.25) is 19.5 Å². The maximum Gasteiger partial charge on any atom is 0.251 e. The fourth-order valence-corrected chi connectivity index (χ4v) is 6.77. The average Bonchev–Trinajstić information content (AvgIpc) is 3.39. The van der Waals surface area contributed by atoms with Crippen molar-refractivity contribution in [2.24, 2.45) is 11.3 Å². The van der Waals surface area contributed by atoms with E-state index in [-0.39, 0.29) is 35.1 Å². The van der Waals surface area contributed by atoms with Gasteiger partial charge in [0.2, 0.25) is 11.8 Å². The Bertz CT molecular complexity index is 1690. The molecule has 4 aromatic rings. The van der Waals surface area contributed by atoms with E-state index in [4.69, 9.17) is 0 Å². The lowest BCUT2D eigenvalue weighted by molar-refractivity contribution is -0.142. The van der Waals surface area contributed by atoms with Crippen LogP contribution in [0, 0.1) is 18.3 Å². The highest BCUT2D eigenvalue weighted by atomic mass is 16.2. The summed E-state index contributed by atoms with van der Waals surface area (Å²) >= 11 is 0. The van der Waals surface area contributed by atoms with E-state index in [1.54, 1.807) is 0 Å². The van der Waals surface area contributed by atoms with E-state index in [0.717, 1.165) is 56.9 Å². The number of aromatic amines is 2. The summed E-state index contributed by atoms with van der Waals surface area (Å²) < 4.78 is 0. The van der Waals surface area contributed by atoms with Gasteiger partial charge in [0.25, 0.3) is 5.56 Å². The molecule has 0 saturated carbocycles. The predicted molar refractivity (Wildman–Crippen MR) is 161 cm³/mol. The lowest BCUT2D eigenvalue weighted by Crippen LogP contribution is -2.43. The Morgan fingerprint density at radius 1 is 1.10 bits per heavy atom. The standard InChI is InChI=1S/C33H39N5O3/c1-20-13-23-14-24(32(41)38(19-33(2,3)4)18-27(23)26-17-34-36-30(20)26)16-29(39)37-11-9-21(10-12-37)25-15-22-7-5-6-8-28(22)35-31(25)40/h5-8,13,15,17,21,24H,9-12,14,16,18-19H2,1-4H3,(H,34,36)(H,35,40)/t24-/m0/s1. The number of hydrogen-bond acceptors (Lipinski definition) is 4. The number of carbonyl (C=O) groups excluding carboxylic acids is 2. The summed E-state index contributed by atoms with van der Waals surface area (Å²) in [6, 6.07) is 12.0. The molecule has 1 atom stereocenters. The summed E-state index contributed by atoms with van der Waals surface area (Å²) in [7, 11) is 0. The van der Waals surface area contributed by atoms with Crippen LogP contribution in [0.3, 0.4) is 0 Å². The van der Waals surface area contributed by atoms with Crippen LogP contribution in [-0.4, -0.2) is 56.4 Å². The van der Waals surface area contributed by atoms with Gasteiger partial charge in [0.05, 0.1) is 17.6 Å². The Morgan fingerprint density at radius 2 is 1.85 bits per heavy atom. The molecule has 8 heteroatoms. The number of pyridine rings is 1. The van der Waals surface area contributed by atoms with Crippen LogP contribution in [0.15, 0.2) is 47.4 Å². The number of likely N-dealkylation sites (tertiary alicyclic amines) is 1. The average molecular weight is 554 g/mol. The van der Waals surface area contributed by atoms with Crippen LogP contribution in [0.4, 0.5) is 0 Å². The highest BCUT2D eigenvalue weighted by Crippen LogP contribution is 2.34. The zero-order valence-corrected chi connectivity index (χ0v) is 24.4. The smallest absolute Gasteiger partial charge is 0.251 e. The molecule has 0 unspecified atom stereocenters. The second-order valence-corrected chi connectivity index (χ2v) is 13.1. The molecular formula is C33H39N5O3. The quantitative estimate of drug-likeness (QED) is 0.369.